The van der Waals surface area contributed by atoms with Gasteiger partial charge in [-0.2, -0.15) is 0 Å². The molecule has 0 atom stereocenters. The predicted octanol–water partition coefficient (Wildman–Crippen LogP) is 2.07. The molecule has 1 N–H and O–H groups in total. The van der Waals surface area contributed by atoms with Crippen LogP contribution >= 0.6 is 0 Å². The SMILES string of the molecule is OCCCCCCCCCCC[n+]1ccccc1Cc1ccccc1.[Br-]. The highest BCUT2D eigenvalue weighted by Crippen LogP contribution is 2.10. The Bertz CT molecular complexity index is 573. The van der Waals surface area contributed by atoms with Gasteiger partial charge in [-0.25, -0.2) is 4.57 Å². The molecule has 0 amide bonds. The second kappa shape index (κ2) is 14.9. The molecule has 0 unspecified atom stereocenters. The first kappa shape index (κ1) is 22.9. The highest BCUT2D eigenvalue weighted by Gasteiger charge is 2.09. The summed E-state index contributed by atoms with van der Waals surface area (Å²) in [6.07, 6.45) is 14.6. The van der Waals surface area contributed by atoms with E-state index in [0.29, 0.717) is 6.61 Å². The smallest absolute Gasteiger partial charge is 0.185 e. The molecular formula is C23H34BrNO. The Morgan fingerprint density at radius 3 is 1.88 bits per heavy atom. The van der Waals surface area contributed by atoms with Gasteiger partial charge in [-0.05, 0) is 18.4 Å². The number of aliphatic hydroxyl groups is 1. The van der Waals surface area contributed by atoms with Crippen molar-refractivity contribution in [1.29, 1.82) is 0 Å². The molecule has 0 saturated carbocycles. The van der Waals surface area contributed by atoms with Gasteiger partial charge in [0.15, 0.2) is 11.9 Å². The van der Waals surface area contributed by atoms with Crippen molar-refractivity contribution in [3.63, 3.8) is 0 Å². The summed E-state index contributed by atoms with van der Waals surface area (Å²) in [6, 6.07) is 17.3. The minimum Gasteiger partial charge on any atom is -1.00 e. The number of aromatic nitrogens is 1. The van der Waals surface area contributed by atoms with Crippen LogP contribution in [0.25, 0.3) is 0 Å². The first-order valence-electron chi connectivity index (χ1n) is 10.0. The van der Waals surface area contributed by atoms with E-state index in [2.05, 4.69) is 59.3 Å². The zero-order valence-corrected chi connectivity index (χ0v) is 17.5. The molecule has 0 aliphatic rings. The highest BCUT2D eigenvalue weighted by atomic mass is 79.9. The molecule has 0 saturated heterocycles. The molecule has 1 heterocycles. The maximum Gasteiger partial charge on any atom is 0.185 e. The monoisotopic (exact) mass is 419 g/mol. The van der Waals surface area contributed by atoms with Gasteiger partial charge in [-0.1, -0.05) is 74.9 Å². The number of benzene rings is 1. The molecule has 0 spiro atoms. The number of unbranched alkanes of at least 4 members (excludes halogenated alkanes) is 8. The maximum atomic E-state index is 8.76. The van der Waals surface area contributed by atoms with E-state index in [1.807, 2.05) is 0 Å². The van der Waals surface area contributed by atoms with Gasteiger partial charge in [0.05, 0.1) is 6.42 Å². The Morgan fingerprint density at radius 1 is 0.654 bits per heavy atom. The summed E-state index contributed by atoms with van der Waals surface area (Å²) < 4.78 is 2.42. The molecule has 2 aromatic rings. The summed E-state index contributed by atoms with van der Waals surface area (Å²) >= 11 is 0. The fourth-order valence-electron chi connectivity index (χ4n) is 3.33. The number of hydrogen-bond donors (Lipinski definition) is 1. The quantitative estimate of drug-likeness (QED) is 0.390. The first-order chi connectivity index (χ1) is 12.4. The molecule has 0 aliphatic carbocycles. The number of hydrogen-bond acceptors (Lipinski definition) is 1. The van der Waals surface area contributed by atoms with Gasteiger partial charge in [0.2, 0.25) is 0 Å². The van der Waals surface area contributed by atoms with Crippen LogP contribution in [0, 0.1) is 0 Å². The summed E-state index contributed by atoms with van der Waals surface area (Å²) in [7, 11) is 0. The Morgan fingerprint density at radius 2 is 1.23 bits per heavy atom. The molecule has 2 nitrogen and oxygen atoms in total. The topological polar surface area (TPSA) is 24.1 Å². The van der Waals surface area contributed by atoms with Crippen molar-refractivity contribution >= 4 is 0 Å². The van der Waals surface area contributed by atoms with Crippen molar-refractivity contribution in [3.8, 4) is 0 Å². The summed E-state index contributed by atoms with van der Waals surface area (Å²) in [5.74, 6) is 0. The molecule has 0 fully saturated rings. The Labute approximate surface area is 170 Å². The molecule has 2 rings (SSSR count). The molecule has 3 heteroatoms. The highest BCUT2D eigenvalue weighted by molar-refractivity contribution is 5.19. The summed E-state index contributed by atoms with van der Waals surface area (Å²) in [6.45, 7) is 1.48. The molecule has 0 radical (unpaired) electrons. The Balaban J connectivity index is 0.00000338. The molecular weight excluding hydrogens is 386 g/mol. The number of halogens is 1. The van der Waals surface area contributed by atoms with Crippen LogP contribution in [0.5, 0.6) is 0 Å². The van der Waals surface area contributed by atoms with Crippen LogP contribution in [-0.2, 0) is 13.0 Å². The normalized spacial score (nSPS) is 10.5. The van der Waals surface area contributed by atoms with Crippen LogP contribution < -0.4 is 21.5 Å². The lowest BCUT2D eigenvalue weighted by molar-refractivity contribution is -0.704. The number of rotatable bonds is 13. The van der Waals surface area contributed by atoms with E-state index >= 15 is 0 Å². The molecule has 0 bridgehead atoms. The zero-order valence-electron chi connectivity index (χ0n) is 16.0. The fraction of sp³-hybridized carbons (Fsp3) is 0.522. The van der Waals surface area contributed by atoms with Crippen LogP contribution in [0.3, 0.4) is 0 Å². The van der Waals surface area contributed by atoms with E-state index < -0.39 is 0 Å². The number of nitrogens with zero attached hydrogens (tertiary/aromatic N) is 1. The summed E-state index contributed by atoms with van der Waals surface area (Å²) in [4.78, 5) is 0. The van der Waals surface area contributed by atoms with Crippen molar-refractivity contribution in [3.05, 3.63) is 66.0 Å². The first-order valence-corrected chi connectivity index (χ1v) is 10.0. The third kappa shape index (κ3) is 9.49. The van der Waals surface area contributed by atoms with Gasteiger partial charge < -0.3 is 22.1 Å². The minimum absolute atomic E-state index is 0. The standard InChI is InChI=1S/C23H34NO.BrH/c25-20-14-7-5-3-1-2-4-6-12-18-24-19-13-11-17-23(24)21-22-15-9-8-10-16-22;/h8-11,13,15-17,19,25H,1-7,12,14,18,20-21H2;1H/q+1;/p-1. The molecule has 1 aromatic carbocycles. The fourth-order valence-corrected chi connectivity index (χ4v) is 3.33. The lowest BCUT2D eigenvalue weighted by atomic mass is 10.1. The van der Waals surface area contributed by atoms with Crippen LogP contribution in [0.4, 0.5) is 0 Å². The van der Waals surface area contributed by atoms with Gasteiger partial charge in [0.25, 0.3) is 0 Å². The molecule has 26 heavy (non-hydrogen) atoms. The number of pyridine rings is 1. The number of aryl methyl sites for hydroxylation is 1. The van der Waals surface area contributed by atoms with Crippen LogP contribution in [0.15, 0.2) is 54.7 Å². The van der Waals surface area contributed by atoms with E-state index in [1.165, 1.54) is 62.6 Å². The largest absolute Gasteiger partial charge is 1.00 e. The van der Waals surface area contributed by atoms with Crippen molar-refractivity contribution in [2.45, 2.75) is 70.8 Å². The zero-order chi connectivity index (χ0) is 17.6. The van der Waals surface area contributed by atoms with Crippen LogP contribution in [0.1, 0.15) is 69.0 Å². The predicted molar refractivity (Wildman–Crippen MR) is 105 cm³/mol. The third-order valence-corrected chi connectivity index (χ3v) is 4.82. The van der Waals surface area contributed by atoms with E-state index in [-0.39, 0.29) is 17.0 Å². The van der Waals surface area contributed by atoms with Crippen LogP contribution in [0.2, 0.25) is 0 Å². The minimum atomic E-state index is 0. The van der Waals surface area contributed by atoms with Crippen molar-refractivity contribution in [2.24, 2.45) is 0 Å². The summed E-state index contributed by atoms with van der Waals surface area (Å²) in [5.41, 5.74) is 2.78. The van der Waals surface area contributed by atoms with Crippen molar-refractivity contribution in [1.82, 2.24) is 0 Å². The van der Waals surface area contributed by atoms with Gasteiger partial charge in [-0.3, -0.25) is 0 Å². The lowest BCUT2D eigenvalue weighted by Gasteiger charge is -2.05. The molecule has 144 valence electrons. The van der Waals surface area contributed by atoms with Gasteiger partial charge >= 0.3 is 0 Å². The molecule has 0 aliphatic heterocycles. The second-order valence-electron chi connectivity index (χ2n) is 6.95. The number of aliphatic hydroxyl groups excluding tert-OH is 1. The van der Waals surface area contributed by atoms with E-state index in [4.69, 9.17) is 5.11 Å². The van der Waals surface area contributed by atoms with Crippen LogP contribution in [-0.4, -0.2) is 11.7 Å². The Hall–Kier alpha value is -1.19. The second-order valence-corrected chi connectivity index (χ2v) is 6.95. The van der Waals surface area contributed by atoms with E-state index in [1.54, 1.807) is 0 Å². The van der Waals surface area contributed by atoms with Gasteiger partial charge in [0.1, 0.15) is 6.54 Å². The lowest BCUT2D eigenvalue weighted by Crippen LogP contribution is -3.00. The van der Waals surface area contributed by atoms with E-state index in [0.717, 1.165) is 19.4 Å². The van der Waals surface area contributed by atoms with Gasteiger partial charge in [-0.15, -0.1) is 0 Å². The maximum absolute atomic E-state index is 8.76. The van der Waals surface area contributed by atoms with Crippen molar-refractivity contribution < 1.29 is 26.7 Å². The average Bonchev–Trinajstić information content (AvgIpc) is 2.65. The van der Waals surface area contributed by atoms with E-state index in [9.17, 15) is 0 Å². The third-order valence-electron chi connectivity index (χ3n) is 4.82. The summed E-state index contributed by atoms with van der Waals surface area (Å²) in [5, 5.41) is 8.76. The Kier molecular flexibility index (Phi) is 13.1. The van der Waals surface area contributed by atoms with Gasteiger partial charge in [0, 0.05) is 25.2 Å². The van der Waals surface area contributed by atoms with Crippen molar-refractivity contribution in [2.75, 3.05) is 6.61 Å². The molecule has 1 aromatic heterocycles. The average molecular weight is 420 g/mol.